The predicted octanol–water partition coefficient (Wildman–Crippen LogP) is 2.83. The molecular weight excluding hydrogens is 392 g/mol. The number of likely N-dealkylation sites (N-methyl/N-ethyl adjacent to an activating group) is 1. The Morgan fingerprint density at radius 1 is 1.10 bits per heavy atom. The number of amides is 2. The van der Waals surface area contributed by atoms with Gasteiger partial charge in [-0.2, -0.15) is 5.10 Å². The molecule has 7 nitrogen and oxygen atoms in total. The van der Waals surface area contributed by atoms with Crippen LogP contribution in [-0.4, -0.2) is 61.7 Å². The van der Waals surface area contributed by atoms with Crippen molar-refractivity contribution in [3.05, 3.63) is 65.7 Å². The van der Waals surface area contributed by atoms with Crippen molar-refractivity contribution in [2.45, 2.75) is 25.3 Å². The largest absolute Gasteiger partial charge is 0.496 e. The van der Waals surface area contributed by atoms with Crippen molar-refractivity contribution < 1.29 is 14.3 Å². The summed E-state index contributed by atoms with van der Waals surface area (Å²) in [6.07, 6.45) is 1.00. The molecule has 2 amide bonds. The Labute approximate surface area is 183 Å². The molecule has 1 unspecified atom stereocenters. The van der Waals surface area contributed by atoms with Gasteiger partial charge in [-0.1, -0.05) is 48.5 Å². The average molecular weight is 423 g/mol. The average Bonchev–Trinajstić information content (AvgIpc) is 3.29. The highest BCUT2D eigenvalue weighted by Gasteiger charge is 2.23. The first-order valence-corrected chi connectivity index (χ1v) is 10.5. The van der Waals surface area contributed by atoms with E-state index in [-0.39, 0.29) is 30.7 Å². The zero-order valence-corrected chi connectivity index (χ0v) is 18.4. The summed E-state index contributed by atoms with van der Waals surface area (Å²) < 4.78 is 5.46. The second kappa shape index (κ2) is 10.7. The van der Waals surface area contributed by atoms with Crippen LogP contribution in [0, 0.1) is 0 Å². The smallest absolute Gasteiger partial charge is 0.243 e. The molecule has 0 aliphatic carbocycles. The monoisotopic (exact) mass is 422 g/mol. The number of para-hydroxylation sites is 1. The van der Waals surface area contributed by atoms with Crippen molar-refractivity contribution in [2.75, 3.05) is 34.3 Å². The summed E-state index contributed by atoms with van der Waals surface area (Å²) in [4.78, 5) is 26.9. The van der Waals surface area contributed by atoms with Crippen LogP contribution < -0.4 is 10.1 Å². The lowest BCUT2D eigenvalue weighted by Gasteiger charge is -2.26. The highest BCUT2D eigenvalue weighted by atomic mass is 16.5. The van der Waals surface area contributed by atoms with Gasteiger partial charge in [-0.25, -0.2) is 5.01 Å². The molecule has 0 aromatic heterocycles. The minimum absolute atomic E-state index is 0.0348. The Balaban J connectivity index is 1.50. The quantitative estimate of drug-likeness (QED) is 0.674. The summed E-state index contributed by atoms with van der Waals surface area (Å²) in [6.45, 7) is 0.988. The third kappa shape index (κ3) is 5.92. The first-order valence-electron chi connectivity index (χ1n) is 10.5. The SMILES string of the molecule is COc1ccccc1C(CNC(=O)CCC(=O)N1CCC(c2ccccc2)=N1)N(C)C. The number of hydrogen-bond acceptors (Lipinski definition) is 5. The molecule has 31 heavy (non-hydrogen) atoms. The second-order valence-electron chi connectivity index (χ2n) is 7.71. The number of carbonyl (C=O) groups is 2. The number of carbonyl (C=O) groups excluding carboxylic acids is 2. The lowest BCUT2D eigenvalue weighted by Crippen LogP contribution is -2.35. The highest BCUT2D eigenvalue weighted by molar-refractivity contribution is 6.02. The van der Waals surface area contributed by atoms with Crippen LogP contribution in [0.15, 0.2) is 59.7 Å². The minimum atomic E-state index is -0.151. The standard InChI is InChI=1S/C24H30N4O3/c1-27(2)21(19-11-7-8-12-22(19)31-3)17-25-23(29)13-14-24(30)28-16-15-20(26-28)18-9-5-4-6-10-18/h4-12,21H,13-17H2,1-3H3,(H,25,29). The molecule has 164 valence electrons. The van der Waals surface area contributed by atoms with Gasteiger partial charge in [0, 0.05) is 31.4 Å². The molecule has 7 heteroatoms. The van der Waals surface area contributed by atoms with Gasteiger partial charge in [0.05, 0.1) is 25.4 Å². The summed E-state index contributed by atoms with van der Waals surface area (Å²) in [7, 11) is 5.56. The van der Waals surface area contributed by atoms with Crippen molar-refractivity contribution in [2.24, 2.45) is 5.10 Å². The molecule has 0 spiro atoms. The molecule has 0 saturated heterocycles. The van der Waals surface area contributed by atoms with E-state index in [1.807, 2.05) is 73.6 Å². The number of benzene rings is 2. The first-order chi connectivity index (χ1) is 15.0. The summed E-state index contributed by atoms with van der Waals surface area (Å²) in [5.41, 5.74) is 2.94. The van der Waals surface area contributed by atoms with Gasteiger partial charge in [0.25, 0.3) is 0 Å². The number of ether oxygens (including phenoxy) is 1. The normalized spacial score (nSPS) is 14.3. The van der Waals surface area contributed by atoms with E-state index in [9.17, 15) is 9.59 Å². The summed E-state index contributed by atoms with van der Waals surface area (Å²) in [6, 6.07) is 17.6. The van der Waals surface area contributed by atoms with Crippen molar-refractivity contribution in [1.29, 1.82) is 0 Å². The van der Waals surface area contributed by atoms with Crippen LogP contribution in [-0.2, 0) is 9.59 Å². The van der Waals surface area contributed by atoms with Crippen molar-refractivity contribution in [3.63, 3.8) is 0 Å². The molecule has 3 rings (SSSR count). The van der Waals surface area contributed by atoms with Gasteiger partial charge in [0.15, 0.2) is 0 Å². The number of rotatable bonds is 9. The van der Waals surface area contributed by atoms with E-state index in [0.717, 1.165) is 29.0 Å². The number of nitrogens with one attached hydrogen (secondary N) is 1. The van der Waals surface area contributed by atoms with E-state index >= 15 is 0 Å². The van der Waals surface area contributed by atoms with Crippen LogP contribution in [0.2, 0.25) is 0 Å². The zero-order chi connectivity index (χ0) is 22.2. The number of hydrazone groups is 1. The van der Waals surface area contributed by atoms with Gasteiger partial charge in [-0.05, 0) is 25.7 Å². The maximum Gasteiger partial charge on any atom is 0.243 e. The minimum Gasteiger partial charge on any atom is -0.496 e. The van der Waals surface area contributed by atoms with Crippen LogP contribution in [0.3, 0.4) is 0 Å². The molecule has 2 aromatic carbocycles. The lowest BCUT2D eigenvalue weighted by atomic mass is 10.0. The summed E-state index contributed by atoms with van der Waals surface area (Å²) in [5.74, 6) is 0.503. The van der Waals surface area contributed by atoms with Gasteiger partial charge in [-0.15, -0.1) is 0 Å². The molecule has 0 fully saturated rings. The molecule has 1 aliphatic rings. The molecule has 0 saturated carbocycles. The van der Waals surface area contributed by atoms with Crippen LogP contribution in [0.1, 0.15) is 36.4 Å². The van der Waals surface area contributed by atoms with Crippen LogP contribution in [0.4, 0.5) is 0 Å². The Bertz CT molecular complexity index is 927. The maximum atomic E-state index is 12.5. The van der Waals surface area contributed by atoms with E-state index in [4.69, 9.17) is 4.74 Å². The number of methoxy groups -OCH3 is 1. The third-order valence-corrected chi connectivity index (χ3v) is 5.38. The predicted molar refractivity (Wildman–Crippen MR) is 121 cm³/mol. The van der Waals surface area contributed by atoms with Crippen molar-refractivity contribution in [1.82, 2.24) is 15.2 Å². The van der Waals surface area contributed by atoms with E-state index < -0.39 is 0 Å². The van der Waals surface area contributed by atoms with E-state index in [2.05, 4.69) is 10.4 Å². The fourth-order valence-electron chi connectivity index (χ4n) is 3.63. The van der Waals surface area contributed by atoms with Crippen molar-refractivity contribution in [3.8, 4) is 5.75 Å². The Hall–Kier alpha value is -3.19. The van der Waals surface area contributed by atoms with Crippen LogP contribution in [0.5, 0.6) is 5.75 Å². The summed E-state index contributed by atoms with van der Waals surface area (Å²) >= 11 is 0. The molecule has 1 N–H and O–H groups in total. The van der Waals surface area contributed by atoms with Crippen LogP contribution in [0.25, 0.3) is 0 Å². The Morgan fingerprint density at radius 3 is 2.52 bits per heavy atom. The van der Waals surface area contributed by atoms with E-state index in [1.165, 1.54) is 5.01 Å². The molecule has 2 aromatic rings. The molecule has 0 bridgehead atoms. The van der Waals surface area contributed by atoms with E-state index in [1.54, 1.807) is 7.11 Å². The van der Waals surface area contributed by atoms with Gasteiger partial charge in [0.1, 0.15) is 5.75 Å². The molecular formula is C24H30N4O3. The van der Waals surface area contributed by atoms with Gasteiger partial charge in [0.2, 0.25) is 11.8 Å². The van der Waals surface area contributed by atoms with Gasteiger partial charge in [-0.3, -0.25) is 9.59 Å². The number of nitrogens with zero attached hydrogens (tertiary/aromatic N) is 3. The fraction of sp³-hybridized carbons (Fsp3) is 0.375. The Kier molecular flexibility index (Phi) is 7.78. The first kappa shape index (κ1) is 22.5. The lowest BCUT2D eigenvalue weighted by molar-refractivity contribution is -0.133. The second-order valence-corrected chi connectivity index (χ2v) is 7.71. The summed E-state index contributed by atoms with van der Waals surface area (Å²) in [5, 5.41) is 8.87. The molecule has 0 radical (unpaired) electrons. The van der Waals surface area contributed by atoms with Gasteiger partial charge >= 0.3 is 0 Å². The highest BCUT2D eigenvalue weighted by Crippen LogP contribution is 2.27. The third-order valence-electron chi connectivity index (χ3n) is 5.38. The fourth-order valence-corrected chi connectivity index (χ4v) is 3.63. The topological polar surface area (TPSA) is 74.2 Å². The van der Waals surface area contributed by atoms with E-state index in [0.29, 0.717) is 13.1 Å². The van der Waals surface area contributed by atoms with Gasteiger partial charge < -0.3 is 15.0 Å². The molecule has 1 aliphatic heterocycles. The van der Waals surface area contributed by atoms with Crippen LogP contribution >= 0.6 is 0 Å². The van der Waals surface area contributed by atoms with Crippen molar-refractivity contribution >= 4 is 17.5 Å². The maximum absolute atomic E-state index is 12.5. The number of hydrogen-bond donors (Lipinski definition) is 1. The molecule has 1 atom stereocenters. The molecule has 1 heterocycles. The zero-order valence-electron chi connectivity index (χ0n) is 18.4. The Morgan fingerprint density at radius 2 is 1.81 bits per heavy atom.